The number of piperidine rings is 1. The molecule has 0 radical (unpaired) electrons. The number of aromatic nitrogens is 2. The van der Waals surface area contributed by atoms with Crippen molar-refractivity contribution < 1.29 is 14.3 Å². The van der Waals surface area contributed by atoms with Crippen LogP contribution in [-0.4, -0.2) is 43.2 Å². The molecule has 0 spiro atoms. The Morgan fingerprint density at radius 3 is 2.65 bits per heavy atom. The largest absolute Gasteiger partial charge is 0.493 e. The van der Waals surface area contributed by atoms with Crippen molar-refractivity contribution in [3.8, 4) is 11.5 Å². The van der Waals surface area contributed by atoms with Crippen LogP contribution in [0, 0.1) is 12.8 Å². The van der Waals surface area contributed by atoms with Crippen LogP contribution < -0.4 is 25.0 Å². The van der Waals surface area contributed by atoms with Gasteiger partial charge in [0.2, 0.25) is 11.9 Å². The normalized spacial score (nSPS) is 15.5. The van der Waals surface area contributed by atoms with E-state index in [0.29, 0.717) is 30.5 Å². The first-order valence-electron chi connectivity index (χ1n) is 11.5. The first-order chi connectivity index (χ1) is 16.6. The summed E-state index contributed by atoms with van der Waals surface area (Å²) in [5, 5.41) is 6.31. The quantitative estimate of drug-likeness (QED) is 0.523. The van der Waals surface area contributed by atoms with E-state index >= 15 is 0 Å². The average Bonchev–Trinajstić information content (AvgIpc) is 2.88. The smallest absolute Gasteiger partial charge is 0.229 e. The maximum atomic E-state index is 12.8. The van der Waals surface area contributed by atoms with Gasteiger partial charge in [-0.2, -0.15) is 4.98 Å². The highest BCUT2D eigenvalue weighted by atomic mass is 16.5. The van der Waals surface area contributed by atoms with E-state index in [4.69, 9.17) is 9.47 Å². The highest BCUT2D eigenvalue weighted by Gasteiger charge is 2.26. The summed E-state index contributed by atoms with van der Waals surface area (Å²) in [6, 6.07) is 15.7. The van der Waals surface area contributed by atoms with Gasteiger partial charge in [-0.25, -0.2) is 4.98 Å². The Kier molecular flexibility index (Phi) is 7.47. The molecule has 1 atom stereocenters. The number of nitrogens with one attached hydrogen (secondary N) is 2. The monoisotopic (exact) mass is 461 g/mol. The van der Waals surface area contributed by atoms with Gasteiger partial charge in [-0.15, -0.1) is 0 Å². The third kappa shape index (κ3) is 5.75. The zero-order chi connectivity index (χ0) is 23.9. The number of hydrogen-bond acceptors (Lipinski definition) is 7. The maximum absolute atomic E-state index is 12.8. The molecule has 1 fully saturated rings. The van der Waals surface area contributed by atoms with Gasteiger partial charge < -0.3 is 25.0 Å². The molecule has 8 heteroatoms. The first kappa shape index (κ1) is 23.4. The van der Waals surface area contributed by atoms with E-state index in [1.54, 1.807) is 20.4 Å². The molecule has 8 nitrogen and oxygen atoms in total. The third-order valence-corrected chi connectivity index (χ3v) is 5.98. The Hall–Kier alpha value is -3.81. The van der Waals surface area contributed by atoms with Gasteiger partial charge in [-0.3, -0.25) is 4.79 Å². The molecule has 1 aliphatic heterocycles. The Morgan fingerprint density at radius 2 is 1.88 bits per heavy atom. The number of nitrogens with zero attached hydrogens (tertiary/aromatic N) is 3. The summed E-state index contributed by atoms with van der Waals surface area (Å²) in [6.45, 7) is 4.09. The molecule has 2 heterocycles. The van der Waals surface area contributed by atoms with Crippen molar-refractivity contribution in [2.24, 2.45) is 5.92 Å². The molecule has 1 aromatic heterocycles. The zero-order valence-corrected chi connectivity index (χ0v) is 19.9. The van der Waals surface area contributed by atoms with Gasteiger partial charge in [-0.1, -0.05) is 29.8 Å². The van der Waals surface area contributed by atoms with Crippen LogP contribution in [0.25, 0.3) is 0 Å². The molecule has 2 N–H and O–H groups in total. The minimum atomic E-state index is -0.0728. The molecule has 4 rings (SSSR count). The number of anilines is 3. The van der Waals surface area contributed by atoms with Crippen LogP contribution in [0.1, 0.15) is 24.0 Å². The lowest BCUT2D eigenvalue weighted by Gasteiger charge is -2.33. The van der Waals surface area contributed by atoms with Crippen LogP contribution in [-0.2, 0) is 11.3 Å². The molecule has 1 saturated heterocycles. The molecular formula is C26H31N5O3. The molecular weight excluding hydrogens is 430 g/mol. The fourth-order valence-electron chi connectivity index (χ4n) is 4.07. The molecule has 0 saturated carbocycles. The minimum absolute atomic E-state index is 0.0728. The van der Waals surface area contributed by atoms with Gasteiger partial charge in [0.05, 0.1) is 20.1 Å². The molecule has 2 aromatic carbocycles. The zero-order valence-electron chi connectivity index (χ0n) is 19.9. The predicted molar refractivity (Wildman–Crippen MR) is 133 cm³/mol. The van der Waals surface area contributed by atoms with E-state index in [-0.39, 0.29) is 11.8 Å². The maximum Gasteiger partial charge on any atom is 0.229 e. The number of carbonyl (C=O) groups is 1. The van der Waals surface area contributed by atoms with Crippen molar-refractivity contribution in [2.75, 3.05) is 37.5 Å². The second-order valence-corrected chi connectivity index (χ2v) is 8.42. The van der Waals surface area contributed by atoms with Crippen molar-refractivity contribution in [3.63, 3.8) is 0 Å². The molecule has 1 amide bonds. The summed E-state index contributed by atoms with van der Waals surface area (Å²) in [4.78, 5) is 24.0. The number of rotatable bonds is 8. The SMILES string of the molecule is COc1ccc(Nc2nccc(N3CCC[C@H](C(=O)NCc4ccc(C)cc4)C3)n2)cc1OC. The lowest BCUT2D eigenvalue weighted by Crippen LogP contribution is -2.43. The van der Waals surface area contributed by atoms with Gasteiger partial charge in [0.15, 0.2) is 11.5 Å². The van der Waals surface area contributed by atoms with Crippen LogP contribution in [0.15, 0.2) is 54.7 Å². The van der Waals surface area contributed by atoms with E-state index in [2.05, 4.69) is 56.7 Å². The van der Waals surface area contributed by atoms with Crippen molar-refractivity contribution in [3.05, 3.63) is 65.9 Å². The lowest BCUT2D eigenvalue weighted by atomic mass is 9.97. The number of ether oxygens (including phenoxy) is 2. The highest BCUT2D eigenvalue weighted by molar-refractivity contribution is 5.79. The van der Waals surface area contributed by atoms with Crippen LogP contribution in [0.4, 0.5) is 17.5 Å². The molecule has 3 aromatic rings. The second-order valence-electron chi connectivity index (χ2n) is 8.42. The van der Waals surface area contributed by atoms with Crippen molar-refractivity contribution in [2.45, 2.75) is 26.3 Å². The second kappa shape index (κ2) is 10.9. The number of carbonyl (C=O) groups excluding carboxylic acids is 1. The molecule has 178 valence electrons. The number of aryl methyl sites for hydroxylation is 1. The molecule has 34 heavy (non-hydrogen) atoms. The van der Waals surface area contributed by atoms with Gasteiger partial charge in [-0.05, 0) is 43.5 Å². The van der Waals surface area contributed by atoms with E-state index in [1.165, 1.54) is 5.56 Å². The summed E-state index contributed by atoms with van der Waals surface area (Å²) in [7, 11) is 3.20. The summed E-state index contributed by atoms with van der Waals surface area (Å²) >= 11 is 0. The Balaban J connectivity index is 1.38. The van der Waals surface area contributed by atoms with E-state index < -0.39 is 0 Å². The lowest BCUT2D eigenvalue weighted by molar-refractivity contribution is -0.125. The Morgan fingerprint density at radius 1 is 1.09 bits per heavy atom. The Bertz CT molecular complexity index is 1120. The van der Waals surface area contributed by atoms with Crippen molar-refractivity contribution in [1.29, 1.82) is 0 Å². The Labute approximate surface area is 200 Å². The van der Waals surface area contributed by atoms with Gasteiger partial charge in [0, 0.05) is 37.6 Å². The van der Waals surface area contributed by atoms with Gasteiger partial charge in [0.25, 0.3) is 0 Å². The fourth-order valence-corrected chi connectivity index (χ4v) is 4.07. The van der Waals surface area contributed by atoms with E-state index in [9.17, 15) is 4.79 Å². The summed E-state index contributed by atoms with van der Waals surface area (Å²) in [5.41, 5.74) is 3.11. The van der Waals surface area contributed by atoms with Gasteiger partial charge in [0.1, 0.15) is 5.82 Å². The number of benzene rings is 2. The molecule has 0 aliphatic carbocycles. The number of amides is 1. The van der Waals surface area contributed by atoms with Crippen LogP contribution in [0.5, 0.6) is 11.5 Å². The van der Waals surface area contributed by atoms with Gasteiger partial charge >= 0.3 is 0 Å². The van der Waals surface area contributed by atoms with Crippen LogP contribution in [0.2, 0.25) is 0 Å². The number of hydrogen-bond donors (Lipinski definition) is 2. The van der Waals surface area contributed by atoms with E-state index in [1.807, 2.05) is 24.3 Å². The summed E-state index contributed by atoms with van der Waals surface area (Å²) in [5.74, 6) is 2.58. The third-order valence-electron chi connectivity index (χ3n) is 5.98. The predicted octanol–water partition coefficient (Wildman–Crippen LogP) is 4.08. The first-order valence-corrected chi connectivity index (χ1v) is 11.5. The molecule has 0 bridgehead atoms. The fraction of sp³-hybridized carbons (Fsp3) is 0.346. The minimum Gasteiger partial charge on any atom is -0.493 e. The summed E-state index contributed by atoms with van der Waals surface area (Å²) in [6.07, 6.45) is 3.54. The molecule has 1 aliphatic rings. The number of methoxy groups -OCH3 is 2. The standard InChI is InChI=1S/C26H31N5O3/c1-18-6-8-19(9-7-18)16-28-25(32)20-5-4-14-31(17-20)24-12-13-27-26(30-24)29-21-10-11-22(33-2)23(15-21)34-3/h6-13,15,20H,4-5,14,16-17H2,1-3H3,(H,28,32)(H,27,29,30)/t20-/m0/s1. The molecule has 0 unspecified atom stereocenters. The van der Waals surface area contributed by atoms with Crippen molar-refractivity contribution >= 4 is 23.4 Å². The summed E-state index contributed by atoms with van der Waals surface area (Å²) < 4.78 is 10.7. The van der Waals surface area contributed by atoms with Crippen LogP contribution in [0.3, 0.4) is 0 Å². The van der Waals surface area contributed by atoms with Crippen LogP contribution >= 0.6 is 0 Å². The average molecular weight is 462 g/mol. The topological polar surface area (TPSA) is 88.6 Å². The van der Waals surface area contributed by atoms with Crippen molar-refractivity contribution in [1.82, 2.24) is 15.3 Å². The van der Waals surface area contributed by atoms with E-state index in [0.717, 1.165) is 36.5 Å². The highest BCUT2D eigenvalue weighted by Crippen LogP contribution is 2.31.